The normalized spacial score (nSPS) is 10.7. The maximum absolute atomic E-state index is 10.9. The minimum atomic E-state index is -0.118. The molecule has 0 unspecified atom stereocenters. The van der Waals surface area contributed by atoms with Gasteiger partial charge in [0.15, 0.2) is 6.29 Å². The number of rotatable bonds is 2. The first-order valence-corrected chi connectivity index (χ1v) is 5.38. The Morgan fingerprint density at radius 3 is 2.93 bits per heavy atom. The molecule has 2 rings (SSSR count). The molecule has 1 N–H and O–H groups in total. The molecule has 2 nitrogen and oxygen atoms in total. The Morgan fingerprint density at radius 1 is 1.50 bits per heavy atom. The Hall–Kier alpha value is -0.840. The molecule has 0 saturated carbocycles. The highest BCUT2D eigenvalue weighted by Gasteiger charge is 2.10. The lowest BCUT2D eigenvalue weighted by Gasteiger charge is -2.02. The molecule has 0 saturated heterocycles. The van der Waals surface area contributed by atoms with E-state index in [4.69, 9.17) is 5.11 Å². The minimum Gasteiger partial charge on any atom is -0.392 e. The molecule has 0 fully saturated rings. The number of fused-ring (bicyclic) bond motifs is 1. The average molecular weight is 224 g/mol. The van der Waals surface area contributed by atoms with Crippen LogP contribution in [0.15, 0.2) is 22.4 Å². The predicted molar refractivity (Wildman–Crippen MR) is 60.4 cm³/mol. The van der Waals surface area contributed by atoms with Crippen LogP contribution in [-0.2, 0) is 6.61 Å². The lowest BCUT2D eigenvalue weighted by atomic mass is 10.1. The van der Waals surface area contributed by atoms with Gasteiger partial charge in [0.1, 0.15) is 0 Å². The zero-order valence-corrected chi connectivity index (χ0v) is 8.94. The third-order valence-electron chi connectivity index (χ3n) is 2.14. The van der Waals surface area contributed by atoms with Gasteiger partial charge in [0.2, 0.25) is 0 Å². The van der Waals surface area contributed by atoms with Crippen LogP contribution in [-0.4, -0.2) is 11.4 Å². The van der Waals surface area contributed by atoms with Gasteiger partial charge in [-0.05, 0) is 11.6 Å². The number of benzene rings is 1. The third-order valence-corrected chi connectivity index (χ3v) is 3.61. The van der Waals surface area contributed by atoms with E-state index in [1.165, 1.54) is 0 Å². The van der Waals surface area contributed by atoms with Crippen LogP contribution in [0.25, 0.3) is 10.1 Å². The van der Waals surface area contributed by atoms with Crippen LogP contribution in [0, 0.1) is 0 Å². The van der Waals surface area contributed by atoms with Gasteiger partial charge >= 0.3 is 0 Å². The van der Waals surface area contributed by atoms with Crippen molar-refractivity contribution in [2.24, 2.45) is 0 Å². The van der Waals surface area contributed by atoms with Crippen molar-refractivity contribution < 1.29 is 9.90 Å². The maximum atomic E-state index is 10.9. The number of hydrogen-bond acceptors (Lipinski definition) is 4. The Kier molecular flexibility index (Phi) is 2.58. The van der Waals surface area contributed by atoms with Crippen LogP contribution in [0.3, 0.4) is 0 Å². The Labute approximate surface area is 90.6 Å². The second-order valence-corrected chi connectivity index (χ2v) is 4.30. The second kappa shape index (κ2) is 3.73. The molecule has 0 amide bonds. The van der Waals surface area contributed by atoms with Gasteiger partial charge in [-0.2, -0.15) is 0 Å². The lowest BCUT2D eigenvalue weighted by molar-refractivity contribution is 0.112. The largest absolute Gasteiger partial charge is 0.392 e. The molecule has 0 spiro atoms. The fraction of sp³-hybridized carbons (Fsp3) is 0.100. The number of aliphatic hydroxyl groups is 1. The molecule has 0 radical (unpaired) electrons. The molecule has 1 aromatic heterocycles. The molecule has 1 heterocycles. The molecule has 14 heavy (non-hydrogen) atoms. The van der Waals surface area contributed by atoms with E-state index in [1.54, 1.807) is 17.4 Å². The summed E-state index contributed by atoms with van der Waals surface area (Å²) in [4.78, 5) is 11.7. The van der Waals surface area contributed by atoms with Crippen LogP contribution in [0.2, 0.25) is 0 Å². The summed E-state index contributed by atoms with van der Waals surface area (Å²) in [5, 5.41) is 11.8. The highest BCUT2D eigenvalue weighted by atomic mass is 32.1. The van der Waals surface area contributed by atoms with Crippen LogP contribution in [0.4, 0.5) is 0 Å². The second-order valence-electron chi connectivity index (χ2n) is 2.91. The highest BCUT2D eigenvalue weighted by Crippen LogP contribution is 2.32. The van der Waals surface area contributed by atoms with E-state index in [9.17, 15) is 4.79 Å². The molecule has 0 aliphatic heterocycles. The summed E-state index contributed by atoms with van der Waals surface area (Å²) in [5.41, 5.74) is 1.21. The number of aliphatic hydroxyl groups excluding tert-OH is 1. The summed E-state index contributed by atoms with van der Waals surface area (Å²) < 4.78 is 1.02. The summed E-state index contributed by atoms with van der Waals surface area (Å²) in [7, 11) is 0. The minimum absolute atomic E-state index is 0.118. The molecular formula is C10H8O2S2. The van der Waals surface area contributed by atoms with E-state index in [1.807, 2.05) is 11.4 Å². The molecule has 2 aromatic rings. The smallest absolute Gasteiger partial charge is 0.151 e. The Morgan fingerprint density at radius 2 is 2.29 bits per heavy atom. The van der Waals surface area contributed by atoms with Crippen LogP contribution in [0.1, 0.15) is 15.9 Å². The van der Waals surface area contributed by atoms with Crippen molar-refractivity contribution in [3.63, 3.8) is 0 Å². The fourth-order valence-electron chi connectivity index (χ4n) is 1.46. The van der Waals surface area contributed by atoms with Gasteiger partial charge in [0, 0.05) is 25.9 Å². The molecule has 4 heteroatoms. The van der Waals surface area contributed by atoms with Crippen LogP contribution < -0.4 is 0 Å². The summed E-state index contributed by atoms with van der Waals surface area (Å²) in [6.45, 7) is -0.118. The lowest BCUT2D eigenvalue weighted by Crippen LogP contribution is -1.92. The molecule has 0 aliphatic carbocycles. The number of carbonyl (C=O) groups is 1. The van der Waals surface area contributed by atoms with Crippen LogP contribution >= 0.6 is 24.0 Å². The molecule has 0 bridgehead atoms. The van der Waals surface area contributed by atoms with Crippen LogP contribution in [0.5, 0.6) is 0 Å². The highest BCUT2D eigenvalue weighted by molar-refractivity contribution is 7.80. The van der Waals surface area contributed by atoms with Crippen molar-refractivity contribution in [2.75, 3.05) is 0 Å². The number of aldehydes is 1. The van der Waals surface area contributed by atoms with Gasteiger partial charge < -0.3 is 5.11 Å². The van der Waals surface area contributed by atoms with Crippen molar-refractivity contribution in [2.45, 2.75) is 11.5 Å². The van der Waals surface area contributed by atoms with Gasteiger partial charge in [-0.15, -0.1) is 24.0 Å². The Bertz CT molecular complexity index is 488. The van der Waals surface area contributed by atoms with Crippen molar-refractivity contribution in [3.8, 4) is 0 Å². The van der Waals surface area contributed by atoms with Crippen molar-refractivity contribution in [1.82, 2.24) is 0 Å². The fourth-order valence-corrected chi connectivity index (χ4v) is 2.77. The first-order valence-electron chi connectivity index (χ1n) is 4.06. The summed E-state index contributed by atoms with van der Waals surface area (Å²) in [6.07, 6.45) is 0.778. The van der Waals surface area contributed by atoms with Crippen molar-refractivity contribution in [3.05, 3.63) is 28.6 Å². The number of hydrogen-bond donors (Lipinski definition) is 2. The maximum Gasteiger partial charge on any atom is 0.151 e. The van der Waals surface area contributed by atoms with Crippen molar-refractivity contribution in [1.29, 1.82) is 0 Å². The van der Waals surface area contributed by atoms with Gasteiger partial charge in [0.05, 0.1) is 6.61 Å². The van der Waals surface area contributed by atoms with E-state index in [0.717, 1.165) is 21.3 Å². The molecule has 0 atom stereocenters. The Balaban J connectivity index is 2.87. The van der Waals surface area contributed by atoms with E-state index in [0.29, 0.717) is 11.1 Å². The molecule has 1 aromatic carbocycles. The van der Waals surface area contributed by atoms with E-state index in [2.05, 4.69) is 12.6 Å². The zero-order valence-electron chi connectivity index (χ0n) is 7.23. The van der Waals surface area contributed by atoms with E-state index >= 15 is 0 Å². The number of carbonyl (C=O) groups excluding carboxylic acids is 1. The van der Waals surface area contributed by atoms with E-state index < -0.39 is 0 Å². The third kappa shape index (κ3) is 1.35. The van der Waals surface area contributed by atoms with Gasteiger partial charge in [-0.3, -0.25) is 4.79 Å². The topological polar surface area (TPSA) is 37.3 Å². The summed E-state index contributed by atoms with van der Waals surface area (Å²) >= 11 is 5.83. The van der Waals surface area contributed by atoms with Gasteiger partial charge in [-0.25, -0.2) is 0 Å². The van der Waals surface area contributed by atoms with Crippen molar-refractivity contribution >= 4 is 40.3 Å². The standard InChI is InChI=1S/C10H8O2S2/c11-3-6-1-2-9-10(7(6)4-12)8(13)5-14-9/h1-2,4-5,11,13H,3H2. The first kappa shape index (κ1) is 9.71. The summed E-state index contributed by atoms with van der Waals surface area (Å²) in [5.74, 6) is 0. The monoisotopic (exact) mass is 224 g/mol. The zero-order chi connectivity index (χ0) is 10.1. The molecular weight excluding hydrogens is 216 g/mol. The number of thiol groups is 1. The summed E-state index contributed by atoms with van der Waals surface area (Å²) in [6, 6.07) is 3.67. The first-order chi connectivity index (χ1) is 6.77. The van der Waals surface area contributed by atoms with E-state index in [-0.39, 0.29) is 6.61 Å². The predicted octanol–water partition coefficient (Wildman–Crippen LogP) is 2.49. The quantitative estimate of drug-likeness (QED) is 0.607. The van der Waals surface area contributed by atoms with Gasteiger partial charge in [-0.1, -0.05) is 6.07 Å². The molecule has 0 aliphatic rings. The van der Waals surface area contributed by atoms with Gasteiger partial charge in [0.25, 0.3) is 0 Å². The number of thiophene rings is 1. The molecule has 72 valence electrons. The SMILES string of the molecule is O=Cc1c(CO)ccc2scc(S)c12. The average Bonchev–Trinajstić information content (AvgIpc) is 2.59.